The monoisotopic (exact) mass is 278 g/mol. The van der Waals surface area contributed by atoms with Gasteiger partial charge in [-0.2, -0.15) is 0 Å². The Morgan fingerprint density at radius 2 is 1.70 bits per heavy atom. The summed E-state index contributed by atoms with van der Waals surface area (Å²) < 4.78 is 0. The molecular weight excluding hydrogens is 267 g/mol. The summed E-state index contributed by atoms with van der Waals surface area (Å²) in [5.41, 5.74) is 0.704. The van der Waals surface area contributed by atoms with E-state index >= 15 is 0 Å². The molecule has 0 bridgehead atoms. The average Bonchev–Trinajstić information content (AvgIpc) is 2.40. The van der Waals surface area contributed by atoms with Crippen molar-refractivity contribution in [1.82, 2.24) is 0 Å². The van der Waals surface area contributed by atoms with E-state index in [0.717, 1.165) is 11.6 Å². The van der Waals surface area contributed by atoms with Crippen LogP contribution >= 0.6 is 0 Å². The number of hydrogen-bond acceptors (Lipinski definition) is 4. The van der Waals surface area contributed by atoms with Crippen LogP contribution in [-0.2, 0) is 6.42 Å². The standard InChI is InChI=1S/C15H12O4.Na/c16-13-7-6-11(9-12(13)15(18)19)14(17)8-10-4-2-1-3-5-10;/h1-7,9,16H,8H2,(H,18,19);/q;+1/p-1. The van der Waals surface area contributed by atoms with Crippen molar-refractivity contribution in [3.63, 3.8) is 0 Å². The van der Waals surface area contributed by atoms with Crippen LogP contribution in [0.5, 0.6) is 5.75 Å². The van der Waals surface area contributed by atoms with E-state index in [1.165, 1.54) is 12.1 Å². The van der Waals surface area contributed by atoms with Gasteiger partial charge in [-0.25, -0.2) is 0 Å². The third-order valence-electron chi connectivity index (χ3n) is 2.75. The van der Waals surface area contributed by atoms with Crippen molar-refractivity contribution in [3.8, 4) is 5.75 Å². The van der Waals surface area contributed by atoms with Crippen LogP contribution < -0.4 is 34.7 Å². The number of carbonyl (C=O) groups excluding carboxylic acids is 2. The molecule has 0 radical (unpaired) electrons. The maximum atomic E-state index is 12.0. The molecule has 1 N–H and O–H groups in total. The van der Waals surface area contributed by atoms with Gasteiger partial charge in [0.05, 0.1) is 5.97 Å². The first-order valence-corrected chi connectivity index (χ1v) is 5.69. The van der Waals surface area contributed by atoms with Crippen molar-refractivity contribution >= 4 is 11.8 Å². The second-order valence-corrected chi connectivity index (χ2v) is 4.10. The van der Waals surface area contributed by atoms with Crippen LogP contribution in [0.1, 0.15) is 26.3 Å². The number of Topliss-reactive ketones (excluding diaryl/α,β-unsaturated/α-hetero) is 1. The molecule has 0 atom stereocenters. The van der Waals surface area contributed by atoms with Crippen molar-refractivity contribution in [2.75, 3.05) is 0 Å². The quantitative estimate of drug-likeness (QED) is 0.528. The summed E-state index contributed by atoms with van der Waals surface area (Å²) >= 11 is 0. The number of aromatic carboxylic acids is 1. The van der Waals surface area contributed by atoms with Crippen LogP contribution in [0, 0.1) is 0 Å². The van der Waals surface area contributed by atoms with Crippen LogP contribution in [0.4, 0.5) is 0 Å². The Morgan fingerprint density at radius 1 is 1.05 bits per heavy atom. The summed E-state index contributed by atoms with van der Waals surface area (Å²) in [4.78, 5) is 22.8. The Hall–Kier alpha value is -1.62. The van der Waals surface area contributed by atoms with E-state index in [1.807, 2.05) is 30.3 Å². The molecule has 0 spiro atoms. The molecule has 2 rings (SSSR count). The molecule has 0 aliphatic rings. The zero-order valence-electron chi connectivity index (χ0n) is 11.0. The Balaban J connectivity index is 0.00000200. The first kappa shape index (κ1) is 16.4. The molecular formula is C15H11NaO4. The number of aromatic hydroxyl groups is 1. The van der Waals surface area contributed by atoms with Gasteiger partial charge in [-0.05, 0) is 23.8 Å². The first-order valence-electron chi connectivity index (χ1n) is 5.69. The minimum absolute atomic E-state index is 0. The smallest absolute Gasteiger partial charge is 0.545 e. The van der Waals surface area contributed by atoms with Gasteiger partial charge in [-0.1, -0.05) is 30.3 Å². The van der Waals surface area contributed by atoms with Crippen molar-refractivity contribution in [1.29, 1.82) is 0 Å². The molecule has 0 fully saturated rings. The molecule has 96 valence electrons. The van der Waals surface area contributed by atoms with E-state index < -0.39 is 11.7 Å². The second kappa shape index (κ2) is 7.24. The zero-order valence-corrected chi connectivity index (χ0v) is 13.0. The van der Waals surface area contributed by atoms with Crippen molar-refractivity contribution in [2.24, 2.45) is 0 Å². The third kappa shape index (κ3) is 3.93. The first-order chi connectivity index (χ1) is 9.08. The number of benzene rings is 2. The van der Waals surface area contributed by atoms with Crippen molar-refractivity contribution in [3.05, 3.63) is 65.2 Å². The summed E-state index contributed by atoms with van der Waals surface area (Å²) in [6, 6.07) is 12.9. The largest absolute Gasteiger partial charge is 1.00 e. The molecule has 0 aromatic heterocycles. The second-order valence-electron chi connectivity index (χ2n) is 4.10. The average molecular weight is 278 g/mol. The maximum absolute atomic E-state index is 12.0. The van der Waals surface area contributed by atoms with Gasteiger partial charge in [0.2, 0.25) is 0 Å². The van der Waals surface area contributed by atoms with Gasteiger partial charge >= 0.3 is 29.6 Å². The molecule has 2 aromatic rings. The van der Waals surface area contributed by atoms with Gasteiger partial charge < -0.3 is 15.0 Å². The molecule has 0 amide bonds. The fraction of sp³-hybridized carbons (Fsp3) is 0.0667. The Labute approximate surface area is 138 Å². The van der Waals surface area contributed by atoms with Crippen LogP contribution in [0.15, 0.2) is 48.5 Å². The van der Waals surface area contributed by atoms with E-state index in [1.54, 1.807) is 0 Å². The van der Waals surface area contributed by atoms with Crippen molar-refractivity contribution < 1.29 is 49.4 Å². The number of hydrogen-bond donors (Lipinski definition) is 1. The van der Waals surface area contributed by atoms with Gasteiger partial charge in [0.25, 0.3) is 0 Å². The summed E-state index contributed by atoms with van der Waals surface area (Å²) in [6.45, 7) is 0. The molecule has 0 saturated carbocycles. The zero-order chi connectivity index (χ0) is 13.8. The number of carboxylic acids is 1. The van der Waals surface area contributed by atoms with Crippen molar-refractivity contribution in [2.45, 2.75) is 6.42 Å². The van der Waals surface area contributed by atoms with Gasteiger partial charge in [-0.15, -0.1) is 0 Å². The van der Waals surface area contributed by atoms with Gasteiger partial charge in [-0.3, -0.25) is 4.79 Å². The third-order valence-corrected chi connectivity index (χ3v) is 2.75. The Bertz CT molecular complexity index is 623. The predicted octanol–water partition coefficient (Wildman–Crippen LogP) is -1.81. The molecule has 0 heterocycles. The van der Waals surface area contributed by atoms with E-state index in [2.05, 4.69) is 0 Å². The van der Waals surface area contributed by atoms with E-state index in [0.29, 0.717) is 0 Å². The van der Waals surface area contributed by atoms with Crippen LogP contribution in [0.3, 0.4) is 0 Å². The topological polar surface area (TPSA) is 77.4 Å². The fourth-order valence-corrected chi connectivity index (χ4v) is 1.76. The molecule has 0 unspecified atom stereocenters. The van der Waals surface area contributed by atoms with Crippen LogP contribution in [0.2, 0.25) is 0 Å². The molecule has 2 aromatic carbocycles. The minimum atomic E-state index is -1.51. The maximum Gasteiger partial charge on any atom is 1.00 e. The number of carbonyl (C=O) groups is 2. The Kier molecular flexibility index (Phi) is 5.95. The Morgan fingerprint density at radius 3 is 2.30 bits per heavy atom. The molecule has 0 saturated heterocycles. The summed E-state index contributed by atoms with van der Waals surface area (Å²) in [7, 11) is 0. The fourth-order valence-electron chi connectivity index (χ4n) is 1.76. The molecule has 0 aliphatic carbocycles. The number of ketones is 1. The van der Waals surface area contributed by atoms with E-state index in [-0.39, 0.29) is 52.9 Å². The molecule has 20 heavy (non-hydrogen) atoms. The molecule has 0 aliphatic heterocycles. The van der Waals surface area contributed by atoms with E-state index in [4.69, 9.17) is 0 Å². The normalized spacial score (nSPS) is 9.60. The summed E-state index contributed by atoms with van der Waals surface area (Å²) in [5.74, 6) is -2.13. The predicted molar refractivity (Wildman–Crippen MR) is 66.9 cm³/mol. The van der Waals surface area contributed by atoms with Crippen LogP contribution in [0.25, 0.3) is 0 Å². The SMILES string of the molecule is O=C(Cc1ccccc1)c1ccc(O)c(C(=O)[O-])c1.[Na+]. The number of phenols is 1. The number of carboxylic acid groups (broad SMARTS) is 1. The van der Waals surface area contributed by atoms with Crippen LogP contribution in [-0.4, -0.2) is 16.9 Å². The summed E-state index contributed by atoms with van der Waals surface area (Å²) in [5, 5.41) is 20.1. The van der Waals surface area contributed by atoms with Gasteiger partial charge in [0.1, 0.15) is 5.75 Å². The van der Waals surface area contributed by atoms with Gasteiger partial charge in [0.15, 0.2) is 5.78 Å². The molecule has 4 nitrogen and oxygen atoms in total. The summed E-state index contributed by atoms with van der Waals surface area (Å²) in [6.07, 6.45) is 0.179. The van der Waals surface area contributed by atoms with Gasteiger partial charge in [0, 0.05) is 17.5 Å². The van der Waals surface area contributed by atoms with E-state index in [9.17, 15) is 19.8 Å². The minimum Gasteiger partial charge on any atom is -0.545 e. The number of rotatable bonds is 4. The molecule has 5 heteroatoms.